The summed E-state index contributed by atoms with van der Waals surface area (Å²) in [7, 11) is 0. The minimum absolute atomic E-state index is 0.0297. The highest BCUT2D eigenvalue weighted by molar-refractivity contribution is 6.30. The Hall–Kier alpha value is -2.62. The first-order valence-corrected chi connectivity index (χ1v) is 8.17. The topological polar surface area (TPSA) is 70.8 Å². The molecule has 2 aromatic carbocycles. The van der Waals surface area contributed by atoms with Crippen LogP contribution in [0.4, 0.5) is 0 Å². The largest absolute Gasteiger partial charge is 0.872 e. The van der Waals surface area contributed by atoms with Gasteiger partial charge in [-0.2, -0.15) is 0 Å². The molecule has 0 N–H and O–H groups in total. The van der Waals surface area contributed by atoms with Crippen LogP contribution >= 0.6 is 0 Å². The van der Waals surface area contributed by atoms with Gasteiger partial charge in [0.1, 0.15) is 0 Å². The predicted octanol–water partition coefficient (Wildman–Crippen LogP) is 2.95. The Labute approximate surface area is 141 Å². The quantitative estimate of drug-likeness (QED) is 0.853. The predicted molar refractivity (Wildman–Crippen MR) is 95.3 cm³/mol. The molecule has 0 fully saturated rings. The molecule has 4 heteroatoms. The molecule has 0 radical (unpaired) electrons. The van der Waals surface area contributed by atoms with Crippen molar-refractivity contribution >= 4 is 22.2 Å². The summed E-state index contributed by atoms with van der Waals surface area (Å²) >= 11 is 0. The van der Waals surface area contributed by atoms with Gasteiger partial charge in [0.15, 0.2) is 0 Å². The van der Waals surface area contributed by atoms with Crippen molar-refractivity contribution in [2.45, 2.75) is 39.8 Å². The van der Waals surface area contributed by atoms with Gasteiger partial charge in [0.05, 0.1) is 11.4 Å². The lowest BCUT2D eigenvalue weighted by Gasteiger charge is -2.30. The van der Waals surface area contributed by atoms with E-state index in [9.17, 15) is 10.2 Å². The van der Waals surface area contributed by atoms with Crippen molar-refractivity contribution in [2.75, 3.05) is 0 Å². The summed E-state index contributed by atoms with van der Waals surface area (Å²) in [5.41, 5.74) is 1.90. The van der Waals surface area contributed by atoms with Gasteiger partial charge in [-0.1, -0.05) is 35.8 Å². The molecule has 0 bridgehead atoms. The molecular weight excluding hydrogens is 300 g/mol. The van der Waals surface area contributed by atoms with Gasteiger partial charge >= 0.3 is 0 Å². The zero-order valence-corrected chi connectivity index (χ0v) is 14.3. The lowest BCUT2D eigenvalue weighted by molar-refractivity contribution is -0.271. The SMILES string of the molecule is CC(C)N=C1C=CC(=NC(C)C)c2c1c([O-])c1ccccc1c2[O-]. The zero-order chi connectivity index (χ0) is 17.4. The van der Waals surface area contributed by atoms with Crippen molar-refractivity contribution in [1.29, 1.82) is 0 Å². The summed E-state index contributed by atoms with van der Waals surface area (Å²) in [6.45, 7) is 7.79. The first-order chi connectivity index (χ1) is 11.4. The van der Waals surface area contributed by atoms with E-state index in [1.807, 2.05) is 27.7 Å². The van der Waals surface area contributed by atoms with E-state index in [0.717, 1.165) is 0 Å². The molecule has 0 aromatic heterocycles. The van der Waals surface area contributed by atoms with Gasteiger partial charge in [-0.3, -0.25) is 9.98 Å². The fourth-order valence-electron chi connectivity index (χ4n) is 2.96. The minimum Gasteiger partial charge on any atom is -0.872 e. The van der Waals surface area contributed by atoms with E-state index < -0.39 is 0 Å². The molecule has 4 nitrogen and oxygen atoms in total. The maximum atomic E-state index is 13.0. The van der Waals surface area contributed by atoms with E-state index in [4.69, 9.17) is 0 Å². The molecule has 0 saturated heterocycles. The second-order valence-electron chi connectivity index (χ2n) is 6.50. The maximum absolute atomic E-state index is 13.0. The zero-order valence-electron chi connectivity index (χ0n) is 14.3. The summed E-state index contributed by atoms with van der Waals surface area (Å²) in [4.78, 5) is 9.07. The van der Waals surface area contributed by atoms with Crippen LogP contribution in [-0.2, 0) is 0 Å². The van der Waals surface area contributed by atoms with Crippen LogP contribution in [-0.4, -0.2) is 23.5 Å². The van der Waals surface area contributed by atoms with Crippen molar-refractivity contribution < 1.29 is 10.2 Å². The van der Waals surface area contributed by atoms with E-state index in [1.165, 1.54) is 0 Å². The van der Waals surface area contributed by atoms with E-state index in [2.05, 4.69) is 9.98 Å². The smallest absolute Gasteiger partial charge is 0.0651 e. The average molecular weight is 320 g/mol. The van der Waals surface area contributed by atoms with Crippen LogP contribution in [0.1, 0.15) is 38.8 Å². The Morgan fingerprint density at radius 2 is 1.08 bits per heavy atom. The third kappa shape index (κ3) is 2.68. The summed E-state index contributed by atoms with van der Waals surface area (Å²) in [6.07, 6.45) is 3.58. The first-order valence-electron chi connectivity index (χ1n) is 8.17. The van der Waals surface area contributed by atoms with Crippen LogP contribution in [0.25, 0.3) is 10.8 Å². The molecule has 3 rings (SSSR count). The van der Waals surface area contributed by atoms with Crippen molar-refractivity contribution in [2.24, 2.45) is 9.98 Å². The summed E-state index contributed by atoms with van der Waals surface area (Å²) < 4.78 is 0. The monoisotopic (exact) mass is 320 g/mol. The van der Waals surface area contributed by atoms with Gasteiger partial charge in [0.25, 0.3) is 0 Å². The Morgan fingerprint density at radius 3 is 1.42 bits per heavy atom. The number of hydrogen-bond donors (Lipinski definition) is 0. The molecular formula is C20H20N2O2-2. The maximum Gasteiger partial charge on any atom is 0.0651 e. The second-order valence-corrected chi connectivity index (χ2v) is 6.50. The molecule has 24 heavy (non-hydrogen) atoms. The highest BCUT2D eigenvalue weighted by Crippen LogP contribution is 2.39. The van der Waals surface area contributed by atoms with E-state index in [0.29, 0.717) is 33.3 Å². The molecule has 0 aliphatic heterocycles. The second kappa shape index (κ2) is 6.11. The number of rotatable bonds is 2. The molecule has 1 aliphatic rings. The third-order valence-corrected chi connectivity index (χ3v) is 3.83. The Balaban J connectivity index is 2.44. The Bertz CT molecular complexity index is 818. The van der Waals surface area contributed by atoms with E-state index in [1.54, 1.807) is 36.4 Å². The van der Waals surface area contributed by atoms with Gasteiger partial charge in [0, 0.05) is 23.2 Å². The van der Waals surface area contributed by atoms with E-state index in [-0.39, 0.29) is 23.6 Å². The molecule has 2 aromatic rings. The highest BCUT2D eigenvalue weighted by atomic mass is 16.3. The fourth-order valence-corrected chi connectivity index (χ4v) is 2.96. The third-order valence-electron chi connectivity index (χ3n) is 3.83. The van der Waals surface area contributed by atoms with Crippen LogP contribution in [0, 0.1) is 0 Å². The number of hydrogen-bond acceptors (Lipinski definition) is 4. The summed E-state index contributed by atoms with van der Waals surface area (Å²) in [5, 5.41) is 27.0. The van der Waals surface area contributed by atoms with Crippen molar-refractivity contribution in [3.8, 4) is 11.5 Å². The van der Waals surface area contributed by atoms with Gasteiger partial charge in [-0.25, -0.2) is 0 Å². The summed E-state index contributed by atoms with van der Waals surface area (Å²) in [6, 6.07) is 7.00. The number of allylic oxidation sites excluding steroid dienone is 2. The lowest BCUT2D eigenvalue weighted by Crippen LogP contribution is -2.21. The molecule has 0 heterocycles. The number of benzene rings is 2. The fraction of sp³-hybridized carbons (Fsp3) is 0.300. The lowest BCUT2D eigenvalue weighted by atomic mass is 9.88. The van der Waals surface area contributed by atoms with Crippen LogP contribution in [0.15, 0.2) is 46.4 Å². The Morgan fingerprint density at radius 1 is 0.708 bits per heavy atom. The number of fused-ring (bicyclic) bond motifs is 2. The van der Waals surface area contributed by atoms with Gasteiger partial charge in [-0.15, -0.1) is 0 Å². The normalized spacial score (nSPS) is 17.4. The standard InChI is InChI=1S/C20H22N2O2/c1-11(2)21-15-9-10-16(22-12(3)4)18-17(15)19(23)13-7-5-6-8-14(13)20(18)24/h5-12,23-24H,1-4H3/p-2. The molecule has 0 unspecified atom stereocenters. The Kier molecular flexibility index (Phi) is 4.14. The summed E-state index contributed by atoms with van der Waals surface area (Å²) in [5.74, 6) is -0.305. The number of aliphatic imine (C=N–C) groups is 2. The molecule has 0 atom stereocenters. The van der Waals surface area contributed by atoms with Crippen LogP contribution < -0.4 is 10.2 Å². The average Bonchev–Trinajstić information content (AvgIpc) is 2.53. The molecule has 0 saturated carbocycles. The van der Waals surface area contributed by atoms with E-state index >= 15 is 0 Å². The van der Waals surface area contributed by atoms with Crippen molar-refractivity contribution in [3.05, 3.63) is 47.5 Å². The van der Waals surface area contributed by atoms with Gasteiger partial charge < -0.3 is 10.2 Å². The van der Waals surface area contributed by atoms with Crippen LogP contribution in [0.3, 0.4) is 0 Å². The van der Waals surface area contributed by atoms with Crippen LogP contribution in [0.5, 0.6) is 11.5 Å². The van der Waals surface area contributed by atoms with Crippen LogP contribution in [0.2, 0.25) is 0 Å². The van der Waals surface area contributed by atoms with Gasteiger partial charge in [-0.05, 0) is 50.6 Å². The highest BCUT2D eigenvalue weighted by Gasteiger charge is 2.20. The molecule has 124 valence electrons. The molecule has 1 aliphatic carbocycles. The van der Waals surface area contributed by atoms with Crippen molar-refractivity contribution in [3.63, 3.8) is 0 Å². The number of nitrogens with zero attached hydrogens (tertiary/aromatic N) is 2. The van der Waals surface area contributed by atoms with Crippen molar-refractivity contribution in [1.82, 2.24) is 0 Å². The molecule has 0 amide bonds. The van der Waals surface area contributed by atoms with Gasteiger partial charge in [0.2, 0.25) is 0 Å². The minimum atomic E-state index is -0.152. The molecule has 0 spiro atoms. The first kappa shape index (κ1) is 16.2.